The fourth-order valence-electron chi connectivity index (χ4n) is 2.37. The molecule has 0 aliphatic carbocycles. The summed E-state index contributed by atoms with van der Waals surface area (Å²) >= 11 is 5.77. The maximum absolute atomic E-state index is 13.3. The Balaban J connectivity index is 1.62. The quantitative estimate of drug-likeness (QED) is 0.199. The Morgan fingerprint density at radius 2 is 2.16 bits per heavy atom. The minimum atomic E-state index is -1.17. The van der Waals surface area contributed by atoms with Crippen LogP contribution in [0.1, 0.15) is 11.4 Å². The van der Waals surface area contributed by atoms with Gasteiger partial charge < -0.3 is 15.8 Å². The zero-order valence-corrected chi connectivity index (χ0v) is 19.1. The van der Waals surface area contributed by atoms with Crippen molar-refractivity contribution in [1.29, 1.82) is 0 Å². The molecule has 1 aromatic carbocycles. The van der Waals surface area contributed by atoms with Crippen LogP contribution in [0, 0.1) is 5.82 Å². The van der Waals surface area contributed by atoms with Crippen molar-refractivity contribution in [3.63, 3.8) is 0 Å². The molecule has 0 fully saturated rings. The van der Waals surface area contributed by atoms with E-state index in [1.807, 2.05) is 0 Å². The Morgan fingerprint density at radius 1 is 1.35 bits per heavy atom. The third-order valence-corrected chi connectivity index (χ3v) is 6.10. The van der Waals surface area contributed by atoms with Crippen LogP contribution in [0.4, 0.5) is 16.0 Å². The monoisotopic (exact) mass is 467 g/mol. The smallest absolute Gasteiger partial charge is 0.245 e. The molecule has 0 bridgehead atoms. The highest BCUT2D eigenvalue weighted by Gasteiger charge is 2.16. The van der Waals surface area contributed by atoms with Gasteiger partial charge in [0.05, 0.1) is 17.3 Å². The molecule has 3 aromatic rings. The normalized spacial score (nSPS) is 12.4. The number of aromatic nitrogens is 6. The van der Waals surface area contributed by atoms with E-state index in [1.54, 1.807) is 0 Å². The van der Waals surface area contributed by atoms with Gasteiger partial charge in [0.25, 0.3) is 0 Å². The van der Waals surface area contributed by atoms with Crippen molar-refractivity contribution < 1.29 is 13.8 Å². The fraction of sp³-hybridized carbons (Fsp3) is 0.412. The van der Waals surface area contributed by atoms with Crippen molar-refractivity contribution in [2.45, 2.75) is 39.0 Å². The Morgan fingerprint density at radius 3 is 2.90 bits per heavy atom. The highest BCUT2D eigenvalue weighted by atomic mass is 35.5. The lowest BCUT2D eigenvalue weighted by atomic mass is 10.3. The minimum Gasteiger partial charge on any atom is -0.382 e. The number of nitrogens with one attached hydrogen (secondary N) is 1. The van der Waals surface area contributed by atoms with Crippen LogP contribution < -0.4 is 11.1 Å². The molecule has 3 N–H and O–H groups in total. The highest BCUT2D eigenvalue weighted by molar-refractivity contribution is 6.76. The Hall–Kier alpha value is -2.90. The summed E-state index contributed by atoms with van der Waals surface area (Å²) in [6.07, 6.45) is 0. The maximum Gasteiger partial charge on any atom is 0.245 e. The maximum atomic E-state index is 13.3. The van der Waals surface area contributed by atoms with Gasteiger partial charge in [-0.3, -0.25) is 0 Å². The van der Waals surface area contributed by atoms with Gasteiger partial charge in [-0.25, -0.2) is 14.0 Å². The van der Waals surface area contributed by atoms with Crippen LogP contribution in [0.5, 0.6) is 0 Å². The minimum absolute atomic E-state index is 0.0370. The van der Waals surface area contributed by atoms with E-state index in [4.69, 9.17) is 26.7 Å². The van der Waals surface area contributed by atoms with E-state index in [-0.39, 0.29) is 29.8 Å². The van der Waals surface area contributed by atoms with Crippen molar-refractivity contribution in [3.8, 4) is 0 Å². The largest absolute Gasteiger partial charge is 0.382 e. The number of aliphatic imine (C=N–C) groups is 1. The number of anilines is 1. The van der Waals surface area contributed by atoms with Gasteiger partial charge in [-0.1, -0.05) is 41.5 Å². The van der Waals surface area contributed by atoms with Gasteiger partial charge in [-0.15, -0.1) is 0 Å². The lowest BCUT2D eigenvalue weighted by Gasteiger charge is -2.15. The summed E-state index contributed by atoms with van der Waals surface area (Å²) in [6, 6.07) is 5.04. The summed E-state index contributed by atoms with van der Waals surface area (Å²) in [5.74, 6) is -0.118. The number of ether oxygens (including phenoxy) is 1. The molecule has 0 spiro atoms. The summed E-state index contributed by atoms with van der Waals surface area (Å²) in [7, 11) is -1.17. The Bertz CT molecular complexity index is 1050. The molecular formula is C17H23ClFN9O2Si. The molecule has 31 heavy (non-hydrogen) atoms. The summed E-state index contributed by atoms with van der Waals surface area (Å²) < 4.78 is 25.3. The molecule has 2 aromatic heterocycles. The second-order valence-corrected chi connectivity index (χ2v) is 13.9. The fourth-order valence-corrected chi connectivity index (χ4v) is 3.31. The van der Waals surface area contributed by atoms with E-state index in [9.17, 15) is 4.39 Å². The molecule has 0 unspecified atom stereocenters. The number of nitrogens with zero attached hydrogens (tertiary/aromatic N) is 7. The Labute approximate surface area is 183 Å². The van der Waals surface area contributed by atoms with E-state index in [2.05, 4.69) is 55.8 Å². The molecule has 166 valence electrons. The molecule has 0 aliphatic heterocycles. The SMILES string of the molecule is C[Si](C)(C)CCOCn1nnnc1NCc1nonc1C(N)=Nc1ccc(F)c(Cl)c1. The average Bonchev–Trinajstić information content (AvgIpc) is 3.34. The van der Waals surface area contributed by atoms with E-state index in [1.165, 1.54) is 22.9 Å². The molecule has 0 radical (unpaired) electrons. The number of nitrogens with two attached hydrogens (primary N) is 1. The lowest BCUT2D eigenvalue weighted by molar-refractivity contribution is 0.0786. The third-order valence-electron chi connectivity index (χ3n) is 4.11. The number of hydrogen-bond acceptors (Lipinski definition) is 9. The van der Waals surface area contributed by atoms with Crippen LogP contribution in [0.15, 0.2) is 27.8 Å². The predicted octanol–water partition coefficient (Wildman–Crippen LogP) is 2.81. The van der Waals surface area contributed by atoms with Crippen LogP contribution in [-0.2, 0) is 18.0 Å². The van der Waals surface area contributed by atoms with Crippen molar-refractivity contribution in [2.75, 3.05) is 11.9 Å². The number of halogens is 2. The number of amidine groups is 1. The van der Waals surface area contributed by atoms with Crippen molar-refractivity contribution in [1.82, 2.24) is 30.5 Å². The molecule has 14 heteroatoms. The van der Waals surface area contributed by atoms with Crippen molar-refractivity contribution in [2.24, 2.45) is 10.7 Å². The van der Waals surface area contributed by atoms with Crippen LogP contribution in [-0.4, -0.2) is 51.0 Å². The van der Waals surface area contributed by atoms with Gasteiger partial charge in [-0.2, -0.15) is 4.68 Å². The van der Waals surface area contributed by atoms with Gasteiger partial charge >= 0.3 is 0 Å². The van der Waals surface area contributed by atoms with E-state index >= 15 is 0 Å². The predicted molar refractivity (Wildman–Crippen MR) is 115 cm³/mol. The van der Waals surface area contributed by atoms with Crippen LogP contribution >= 0.6 is 11.6 Å². The second kappa shape index (κ2) is 9.94. The summed E-state index contributed by atoms with van der Waals surface area (Å²) in [4.78, 5) is 4.19. The molecule has 3 rings (SSSR count). The number of hydrogen-bond donors (Lipinski definition) is 2. The summed E-state index contributed by atoms with van der Waals surface area (Å²) in [5, 5.41) is 22.1. The molecule has 0 amide bonds. The molecule has 0 aliphatic rings. The first kappa shape index (κ1) is 22.8. The third kappa shape index (κ3) is 6.54. The van der Waals surface area contributed by atoms with Crippen LogP contribution in [0.3, 0.4) is 0 Å². The van der Waals surface area contributed by atoms with Crippen LogP contribution in [0.2, 0.25) is 30.7 Å². The molecule has 11 nitrogen and oxygen atoms in total. The second-order valence-electron chi connectivity index (χ2n) is 7.86. The van der Waals surface area contributed by atoms with Gasteiger partial charge in [0, 0.05) is 14.7 Å². The lowest BCUT2D eigenvalue weighted by Crippen LogP contribution is -2.22. The molecular weight excluding hydrogens is 445 g/mol. The zero-order valence-electron chi connectivity index (χ0n) is 17.3. The summed E-state index contributed by atoms with van der Waals surface area (Å²) in [5.41, 5.74) is 7.01. The van der Waals surface area contributed by atoms with Gasteiger partial charge in [0.2, 0.25) is 5.95 Å². The summed E-state index contributed by atoms with van der Waals surface area (Å²) in [6.45, 7) is 7.89. The van der Waals surface area contributed by atoms with Crippen LogP contribution in [0.25, 0.3) is 0 Å². The van der Waals surface area contributed by atoms with E-state index < -0.39 is 13.9 Å². The van der Waals surface area contributed by atoms with Gasteiger partial charge in [0.15, 0.2) is 11.5 Å². The number of tetrazole rings is 1. The molecule has 0 saturated heterocycles. The van der Waals surface area contributed by atoms with Gasteiger partial charge in [0.1, 0.15) is 18.2 Å². The molecule has 0 saturated carbocycles. The standard InChI is InChI=1S/C17H23ClFN9O2Si/c1-31(2,3)7-6-29-10-28-17(23-26-27-28)21-9-14-15(25-30-24-14)16(20)22-11-4-5-13(19)12(18)8-11/h4-5,8H,6-7,9-10H2,1-3H3,(H2,20,22)(H,21,23,27). The van der Waals surface area contributed by atoms with Crippen molar-refractivity contribution >= 4 is 37.1 Å². The zero-order chi connectivity index (χ0) is 22.4. The molecule has 0 atom stereocenters. The first-order chi connectivity index (χ1) is 14.7. The first-order valence-electron chi connectivity index (χ1n) is 9.42. The number of benzene rings is 1. The van der Waals surface area contributed by atoms with Gasteiger partial charge in [-0.05, 0) is 39.8 Å². The number of rotatable bonds is 10. The average molecular weight is 468 g/mol. The molecule has 2 heterocycles. The van der Waals surface area contributed by atoms with E-state index in [0.717, 1.165) is 6.04 Å². The van der Waals surface area contributed by atoms with Crippen molar-refractivity contribution in [3.05, 3.63) is 40.4 Å². The first-order valence-corrected chi connectivity index (χ1v) is 13.5. The van der Waals surface area contributed by atoms with E-state index in [0.29, 0.717) is 23.9 Å². The highest BCUT2D eigenvalue weighted by Crippen LogP contribution is 2.22. The Kier molecular flexibility index (Phi) is 7.30. The topological polar surface area (TPSA) is 142 Å².